The summed E-state index contributed by atoms with van der Waals surface area (Å²) in [5.41, 5.74) is 0.770. The molecule has 0 aliphatic heterocycles. The second-order valence-electron chi connectivity index (χ2n) is 3.75. The van der Waals surface area contributed by atoms with E-state index in [1.54, 1.807) is 0 Å². The van der Waals surface area contributed by atoms with Gasteiger partial charge in [0.1, 0.15) is 0 Å². The Labute approximate surface area is 91.9 Å². The van der Waals surface area contributed by atoms with Crippen molar-refractivity contribution in [3.63, 3.8) is 0 Å². The fraction of sp³-hybridized carbons (Fsp3) is 0.462. The van der Waals surface area contributed by atoms with E-state index in [-0.39, 0.29) is 5.91 Å². The normalized spacial score (nSPS) is 10.4. The highest BCUT2D eigenvalue weighted by molar-refractivity contribution is 5.94. The molecule has 15 heavy (non-hydrogen) atoms. The molecule has 0 saturated carbocycles. The van der Waals surface area contributed by atoms with Crippen molar-refractivity contribution in [2.45, 2.75) is 32.7 Å². The van der Waals surface area contributed by atoms with E-state index < -0.39 is 0 Å². The van der Waals surface area contributed by atoms with Gasteiger partial charge in [0.15, 0.2) is 0 Å². The summed E-state index contributed by atoms with van der Waals surface area (Å²) in [6, 6.07) is 9.79. The van der Waals surface area contributed by atoms with Crippen LogP contribution in [0.2, 0.25) is 0 Å². The van der Waals surface area contributed by atoms with Crippen LogP contribution in [0.15, 0.2) is 30.3 Å². The van der Waals surface area contributed by atoms with Crippen molar-refractivity contribution in [3.05, 3.63) is 35.9 Å². The third-order valence-electron chi connectivity index (χ3n) is 2.83. The molecule has 1 amide bonds. The molecule has 82 valence electrons. The van der Waals surface area contributed by atoms with Crippen LogP contribution in [0.3, 0.4) is 0 Å². The van der Waals surface area contributed by atoms with Gasteiger partial charge >= 0.3 is 0 Å². The van der Waals surface area contributed by atoms with Gasteiger partial charge in [-0.2, -0.15) is 0 Å². The zero-order valence-corrected chi connectivity index (χ0v) is 9.73. The van der Waals surface area contributed by atoms with Crippen molar-refractivity contribution < 1.29 is 4.79 Å². The summed E-state index contributed by atoms with van der Waals surface area (Å²) in [6.07, 6.45) is 2.01. The Morgan fingerprint density at radius 1 is 1.20 bits per heavy atom. The Kier molecular flexibility index (Phi) is 4.35. The molecule has 2 nitrogen and oxygen atoms in total. The lowest BCUT2D eigenvalue weighted by Gasteiger charge is -2.26. The molecule has 0 heterocycles. The van der Waals surface area contributed by atoms with E-state index in [0.29, 0.717) is 6.04 Å². The van der Waals surface area contributed by atoms with Crippen molar-refractivity contribution in [3.8, 4) is 0 Å². The first-order valence-electron chi connectivity index (χ1n) is 5.52. The van der Waals surface area contributed by atoms with Gasteiger partial charge in [-0.3, -0.25) is 4.79 Å². The topological polar surface area (TPSA) is 20.3 Å². The van der Waals surface area contributed by atoms with E-state index in [0.717, 1.165) is 18.4 Å². The molecule has 0 aliphatic carbocycles. The molecule has 0 unspecified atom stereocenters. The van der Waals surface area contributed by atoms with Crippen LogP contribution in [0.1, 0.15) is 37.0 Å². The molecule has 2 heteroatoms. The van der Waals surface area contributed by atoms with E-state index in [2.05, 4.69) is 13.8 Å². The standard InChI is InChI=1S/C13H19NO/c1-4-12(5-2)14(3)13(15)11-9-7-6-8-10-11/h6-10,12H,4-5H2,1-3H3. The summed E-state index contributed by atoms with van der Waals surface area (Å²) in [4.78, 5) is 13.9. The lowest BCUT2D eigenvalue weighted by Crippen LogP contribution is -2.36. The van der Waals surface area contributed by atoms with Crippen LogP contribution in [0.5, 0.6) is 0 Å². The van der Waals surface area contributed by atoms with E-state index in [1.165, 1.54) is 0 Å². The van der Waals surface area contributed by atoms with Crippen LogP contribution >= 0.6 is 0 Å². The molecule has 0 bridgehead atoms. The summed E-state index contributed by atoms with van der Waals surface area (Å²) in [6.45, 7) is 4.23. The van der Waals surface area contributed by atoms with Crippen molar-refractivity contribution in [1.82, 2.24) is 4.90 Å². The van der Waals surface area contributed by atoms with Gasteiger partial charge in [0.05, 0.1) is 0 Å². The number of amides is 1. The minimum atomic E-state index is 0.115. The Balaban J connectivity index is 2.77. The smallest absolute Gasteiger partial charge is 0.253 e. The molecule has 0 N–H and O–H groups in total. The van der Waals surface area contributed by atoms with Gasteiger partial charge in [-0.1, -0.05) is 32.0 Å². The summed E-state index contributed by atoms with van der Waals surface area (Å²) in [7, 11) is 1.88. The van der Waals surface area contributed by atoms with Gasteiger partial charge in [-0.05, 0) is 25.0 Å². The number of nitrogens with zero attached hydrogens (tertiary/aromatic N) is 1. The molecule has 0 fully saturated rings. The van der Waals surface area contributed by atoms with Crippen LogP contribution in [-0.2, 0) is 0 Å². The zero-order chi connectivity index (χ0) is 11.3. The Hall–Kier alpha value is -1.31. The lowest BCUT2D eigenvalue weighted by atomic mass is 10.1. The van der Waals surface area contributed by atoms with E-state index in [9.17, 15) is 4.79 Å². The monoisotopic (exact) mass is 205 g/mol. The first kappa shape index (κ1) is 11.8. The Bertz CT molecular complexity index is 304. The Morgan fingerprint density at radius 2 is 1.73 bits per heavy atom. The van der Waals surface area contributed by atoms with Crippen molar-refractivity contribution >= 4 is 5.91 Å². The van der Waals surface area contributed by atoms with Crippen molar-refractivity contribution in [2.75, 3.05) is 7.05 Å². The van der Waals surface area contributed by atoms with Crippen LogP contribution in [0.25, 0.3) is 0 Å². The molecule has 0 radical (unpaired) electrons. The first-order chi connectivity index (χ1) is 7.20. The average Bonchev–Trinajstić information content (AvgIpc) is 2.30. The zero-order valence-electron chi connectivity index (χ0n) is 9.73. The van der Waals surface area contributed by atoms with Crippen LogP contribution in [-0.4, -0.2) is 23.9 Å². The molecule has 1 aromatic rings. The molecule has 0 aliphatic rings. The van der Waals surface area contributed by atoms with Crippen LogP contribution < -0.4 is 0 Å². The van der Waals surface area contributed by atoms with Gasteiger partial charge in [0.2, 0.25) is 0 Å². The molecular weight excluding hydrogens is 186 g/mol. The highest BCUT2D eigenvalue weighted by atomic mass is 16.2. The molecule has 1 rings (SSSR count). The number of hydrogen-bond acceptors (Lipinski definition) is 1. The summed E-state index contributed by atoms with van der Waals surface area (Å²) in [5.74, 6) is 0.115. The Morgan fingerprint density at radius 3 is 2.20 bits per heavy atom. The predicted molar refractivity (Wildman–Crippen MR) is 62.9 cm³/mol. The fourth-order valence-corrected chi connectivity index (χ4v) is 1.79. The fourth-order valence-electron chi connectivity index (χ4n) is 1.79. The van der Waals surface area contributed by atoms with E-state index >= 15 is 0 Å². The molecule has 0 atom stereocenters. The average molecular weight is 205 g/mol. The summed E-state index contributed by atoms with van der Waals surface area (Å²) < 4.78 is 0. The second kappa shape index (κ2) is 5.54. The SMILES string of the molecule is CCC(CC)N(C)C(=O)c1ccccc1. The number of benzene rings is 1. The lowest BCUT2D eigenvalue weighted by molar-refractivity contribution is 0.0723. The van der Waals surface area contributed by atoms with E-state index in [1.807, 2.05) is 42.3 Å². The highest BCUT2D eigenvalue weighted by Crippen LogP contribution is 2.11. The van der Waals surface area contributed by atoms with Gasteiger partial charge < -0.3 is 4.90 Å². The van der Waals surface area contributed by atoms with Crippen molar-refractivity contribution in [2.24, 2.45) is 0 Å². The number of carbonyl (C=O) groups excluding carboxylic acids is 1. The number of hydrogen-bond donors (Lipinski definition) is 0. The molecule has 0 aromatic heterocycles. The minimum Gasteiger partial charge on any atom is -0.339 e. The quantitative estimate of drug-likeness (QED) is 0.740. The third kappa shape index (κ3) is 2.82. The maximum atomic E-state index is 12.0. The molecule has 1 aromatic carbocycles. The summed E-state index contributed by atoms with van der Waals surface area (Å²) in [5, 5.41) is 0. The maximum absolute atomic E-state index is 12.0. The number of rotatable bonds is 4. The van der Waals surface area contributed by atoms with Gasteiger partial charge in [0, 0.05) is 18.7 Å². The largest absolute Gasteiger partial charge is 0.339 e. The maximum Gasteiger partial charge on any atom is 0.253 e. The predicted octanol–water partition coefficient (Wildman–Crippen LogP) is 2.95. The van der Waals surface area contributed by atoms with E-state index in [4.69, 9.17) is 0 Å². The van der Waals surface area contributed by atoms with Crippen LogP contribution in [0.4, 0.5) is 0 Å². The van der Waals surface area contributed by atoms with Gasteiger partial charge in [-0.15, -0.1) is 0 Å². The minimum absolute atomic E-state index is 0.115. The van der Waals surface area contributed by atoms with Gasteiger partial charge in [-0.25, -0.2) is 0 Å². The van der Waals surface area contributed by atoms with Crippen LogP contribution in [0, 0.1) is 0 Å². The summed E-state index contributed by atoms with van der Waals surface area (Å²) >= 11 is 0. The third-order valence-corrected chi connectivity index (χ3v) is 2.83. The van der Waals surface area contributed by atoms with Gasteiger partial charge in [0.25, 0.3) is 5.91 Å². The van der Waals surface area contributed by atoms with Crippen molar-refractivity contribution in [1.29, 1.82) is 0 Å². The highest BCUT2D eigenvalue weighted by Gasteiger charge is 2.17. The molecule has 0 spiro atoms. The first-order valence-corrected chi connectivity index (χ1v) is 5.52. The molecular formula is C13H19NO. The number of carbonyl (C=O) groups is 1. The molecule has 0 saturated heterocycles. The second-order valence-corrected chi connectivity index (χ2v) is 3.75.